The first-order valence-corrected chi connectivity index (χ1v) is 13.6. The van der Waals surface area contributed by atoms with E-state index in [4.69, 9.17) is 16.3 Å². The lowest BCUT2D eigenvalue weighted by Crippen LogP contribution is -2.57. The number of amides is 3. The van der Waals surface area contributed by atoms with Gasteiger partial charge in [0.15, 0.2) is 0 Å². The zero-order chi connectivity index (χ0) is 27.8. The van der Waals surface area contributed by atoms with Crippen LogP contribution in [0.15, 0.2) is 49.6 Å². The smallest absolute Gasteiger partial charge is 0.253 e. The van der Waals surface area contributed by atoms with Crippen molar-refractivity contribution in [3.05, 3.63) is 54.6 Å². The standard InChI is InChI=1S/C29H38ClN3O5/c1-6-14-31(5)25(35)22-23-26(36)33(16-10-11-17-34)24(29(23)18-19(3)28(22,4)38-29)27(37)32(15-7-2)21-13-9-8-12-20(21)30/h6-9,12-13,19,22-24,34H,1-2,10-11,14-18H2,3-5H3/t19?,22-,23+,24?,28+,29?/m1/s1. The number of hydrogen-bond donors (Lipinski definition) is 1. The van der Waals surface area contributed by atoms with E-state index in [2.05, 4.69) is 13.2 Å². The van der Waals surface area contributed by atoms with E-state index in [-0.39, 0.29) is 43.3 Å². The fourth-order valence-electron chi connectivity index (χ4n) is 6.80. The molecule has 3 aliphatic heterocycles. The third-order valence-corrected chi connectivity index (χ3v) is 8.94. The van der Waals surface area contributed by atoms with Crippen LogP contribution in [0.3, 0.4) is 0 Å². The monoisotopic (exact) mass is 543 g/mol. The number of halogens is 1. The number of fused-ring (bicyclic) bond motifs is 1. The van der Waals surface area contributed by atoms with Crippen molar-refractivity contribution >= 4 is 35.0 Å². The first-order chi connectivity index (χ1) is 18.1. The molecule has 0 aromatic heterocycles. The minimum Gasteiger partial charge on any atom is -0.396 e. The number of aliphatic hydroxyl groups is 1. The Labute approximate surface area is 229 Å². The summed E-state index contributed by atoms with van der Waals surface area (Å²) in [5.74, 6) is -2.32. The van der Waals surface area contributed by atoms with Gasteiger partial charge in [-0.1, -0.05) is 42.8 Å². The SMILES string of the molecule is C=CCN(C)C(=O)[C@H]1[C@H]2C(=O)N(CCCCO)C(C(=O)N(CC=C)c3ccccc3Cl)C23CC(C)[C@]1(C)O3. The van der Waals surface area contributed by atoms with Gasteiger partial charge in [0.2, 0.25) is 11.8 Å². The molecule has 0 radical (unpaired) electrons. The quantitative estimate of drug-likeness (QED) is 0.342. The Bertz CT molecular complexity index is 1130. The lowest BCUT2D eigenvalue weighted by Gasteiger charge is -2.38. The molecule has 38 heavy (non-hydrogen) atoms. The summed E-state index contributed by atoms with van der Waals surface area (Å²) in [7, 11) is 1.70. The second-order valence-corrected chi connectivity index (χ2v) is 11.3. The molecule has 3 heterocycles. The van der Waals surface area contributed by atoms with Crippen molar-refractivity contribution in [3.8, 4) is 0 Å². The van der Waals surface area contributed by atoms with E-state index in [1.54, 1.807) is 58.2 Å². The summed E-state index contributed by atoms with van der Waals surface area (Å²) in [6.07, 6.45) is 4.75. The largest absolute Gasteiger partial charge is 0.396 e. The zero-order valence-electron chi connectivity index (χ0n) is 22.4. The van der Waals surface area contributed by atoms with E-state index in [1.165, 1.54) is 0 Å². The van der Waals surface area contributed by atoms with Gasteiger partial charge in [-0.3, -0.25) is 14.4 Å². The van der Waals surface area contributed by atoms with E-state index in [1.807, 2.05) is 13.8 Å². The van der Waals surface area contributed by atoms with E-state index in [0.29, 0.717) is 36.5 Å². The molecule has 0 aliphatic carbocycles. The fourth-order valence-corrected chi connectivity index (χ4v) is 7.04. The first kappa shape index (κ1) is 28.3. The first-order valence-electron chi connectivity index (χ1n) is 13.2. The number of carbonyl (C=O) groups is 3. The van der Waals surface area contributed by atoms with Gasteiger partial charge in [-0.2, -0.15) is 0 Å². The molecule has 3 fully saturated rings. The summed E-state index contributed by atoms with van der Waals surface area (Å²) in [5.41, 5.74) is -1.53. The topological polar surface area (TPSA) is 90.4 Å². The molecule has 9 heteroatoms. The Balaban J connectivity index is 1.83. The number of unbranched alkanes of at least 4 members (excludes halogenated alkanes) is 1. The maximum absolute atomic E-state index is 14.5. The van der Waals surface area contributed by atoms with Crippen molar-refractivity contribution < 1.29 is 24.2 Å². The van der Waals surface area contributed by atoms with Crippen LogP contribution in [-0.4, -0.2) is 83.2 Å². The number of likely N-dealkylation sites (N-methyl/N-ethyl adjacent to an activating group) is 1. The number of rotatable bonds is 11. The van der Waals surface area contributed by atoms with Crippen molar-refractivity contribution in [2.75, 3.05) is 38.2 Å². The fraction of sp³-hybridized carbons (Fsp3) is 0.552. The van der Waals surface area contributed by atoms with E-state index in [0.717, 1.165) is 0 Å². The Kier molecular flexibility index (Phi) is 8.07. The number of hydrogen-bond acceptors (Lipinski definition) is 5. The molecule has 3 amide bonds. The average molecular weight is 544 g/mol. The van der Waals surface area contributed by atoms with Gasteiger partial charge in [-0.05, 0) is 44.2 Å². The molecule has 0 saturated carbocycles. The minimum absolute atomic E-state index is 0.0174. The van der Waals surface area contributed by atoms with E-state index < -0.39 is 29.1 Å². The highest BCUT2D eigenvalue weighted by Gasteiger charge is 2.80. The number of benzene rings is 1. The second kappa shape index (κ2) is 10.8. The van der Waals surface area contributed by atoms with Crippen LogP contribution in [0.25, 0.3) is 0 Å². The maximum Gasteiger partial charge on any atom is 0.253 e. The molecule has 1 spiro atoms. The highest BCUT2D eigenvalue weighted by Crippen LogP contribution is 2.65. The van der Waals surface area contributed by atoms with E-state index >= 15 is 0 Å². The Morgan fingerprint density at radius 3 is 2.53 bits per heavy atom. The molecule has 1 N–H and O–H groups in total. The number of aliphatic hydroxyl groups excluding tert-OH is 1. The molecule has 206 valence electrons. The van der Waals surface area contributed by atoms with Crippen LogP contribution in [0.1, 0.15) is 33.1 Å². The van der Waals surface area contributed by atoms with Crippen LogP contribution >= 0.6 is 11.6 Å². The number of likely N-dealkylation sites (tertiary alicyclic amines) is 1. The number of para-hydroxylation sites is 1. The van der Waals surface area contributed by atoms with Gasteiger partial charge in [0.1, 0.15) is 11.6 Å². The highest BCUT2D eigenvalue weighted by molar-refractivity contribution is 6.34. The predicted molar refractivity (Wildman–Crippen MR) is 147 cm³/mol. The van der Waals surface area contributed by atoms with Gasteiger partial charge in [0.05, 0.1) is 28.1 Å². The summed E-state index contributed by atoms with van der Waals surface area (Å²) < 4.78 is 6.79. The van der Waals surface area contributed by atoms with Crippen LogP contribution in [0.4, 0.5) is 5.69 Å². The number of ether oxygens (including phenoxy) is 1. The van der Waals surface area contributed by atoms with Crippen molar-refractivity contribution in [2.45, 2.75) is 50.4 Å². The summed E-state index contributed by atoms with van der Waals surface area (Å²) >= 11 is 6.51. The highest BCUT2D eigenvalue weighted by atomic mass is 35.5. The lowest BCUT2D eigenvalue weighted by molar-refractivity contribution is -0.150. The van der Waals surface area contributed by atoms with Gasteiger partial charge in [0, 0.05) is 33.3 Å². The van der Waals surface area contributed by atoms with Gasteiger partial charge < -0.3 is 24.5 Å². The number of carbonyl (C=O) groups excluding carboxylic acids is 3. The van der Waals surface area contributed by atoms with Crippen molar-refractivity contribution in [2.24, 2.45) is 17.8 Å². The maximum atomic E-state index is 14.5. The molecule has 3 saturated heterocycles. The normalized spacial score (nSPS) is 31.3. The Hall–Kier alpha value is -2.68. The molecule has 3 unspecified atom stereocenters. The molecule has 8 nitrogen and oxygen atoms in total. The van der Waals surface area contributed by atoms with Crippen molar-refractivity contribution in [3.63, 3.8) is 0 Å². The molecular formula is C29H38ClN3O5. The van der Waals surface area contributed by atoms with Crippen LogP contribution in [0.5, 0.6) is 0 Å². The lowest BCUT2D eigenvalue weighted by atomic mass is 9.62. The minimum atomic E-state index is -1.16. The third kappa shape index (κ3) is 4.27. The van der Waals surface area contributed by atoms with Crippen molar-refractivity contribution in [1.29, 1.82) is 0 Å². The summed E-state index contributed by atoms with van der Waals surface area (Å²) in [6.45, 7) is 12.3. The molecular weight excluding hydrogens is 506 g/mol. The van der Waals surface area contributed by atoms with Gasteiger partial charge >= 0.3 is 0 Å². The molecule has 3 aliphatic rings. The van der Waals surface area contributed by atoms with Crippen LogP contribution < -0.4 is 4.90 Å². The zero-order valence-corrected chi connectivity index (χ0v) is 23.2. The Morgan fingerprint density at radius 1 is 1.21 bits per heavy atom. The second-order valence-electron chi connectivity index (χ2n) is 10.9. The molecule has 2 bridgehead atoms. The third-order valence-electron chi connectivity index (χ3n) is 8.62. The van der Waals surface area contributed by atoms with Gasteiger partial charge in [0.25, 0.3) is 5.91 Å². The molecule has 1 aromatic rings. The van der Waals surface area contributed by atoms with Crippen LogP contribution in [0.2, 0.25) is 5.02 Å². The molecule has 6 atom stereocenters. The van der Waals surface area contributed by atoms with Gasteiger partial charge in [-0.25, -0.2) is 0 Å². The van der Waals surface area contributed by atoms with Crippen LogP contribution in [0, 0.1) is 17.8 Å². The Morgan fingerprint density at radius 2 is 1.89 bits per heavy atom. The molecule has 1 aromatic carbocycles. The average Bonchev–Trinajstić information content (AvgIpc) is 3.39. The number of anilines is 1. The van der Waals surface area contributed by atoms with E-state index in [9.17, 15) is 19.5 Å². The predicted octanol–water partition coefficient (Wildman–Crippen LogP) is 3.29. The summed E-state index contributed by atoms with van der Waals surface area (Å²) in [5, 5.41) is 9.80. The van der Waals surface area contributed by atoms with Crippen LogP contribution in [-0.2, 0) is 19.1 Å². The molecule has 4 rings (SSSR count). The summed E-state index contributed by atoms with van der Waals surface area (Å²) in [6, 6.07) is 6.12. The van der Waals surface area contributed by atoms with Gasteiger partial charge in [-0.15, -0.1) is 13.2 Å². The summed E-state index contributed by atoms with van der Waals surface area (Å²) in [4.78, 5) is 47.2. The van der Waals surface area contributed by atoms with Crippen molar-refractivity contribution in [1.82, 2.24) is 9.80 Å². The number of nitrogens with zero attached hydrogens (tertiary/aromatic N) is 3.